The number of benzene rings is 3. The van der Waals surface area contributed by atoms with E-state index in [1.165, 1.54) is 25.4 Å². The van der Waals surface area contributed by atoms with E-state index in [4.69, 9.17) is 16.3 Å². The van der Waals surface area contributed by atoms with Gasteiger partial charge in [0.05, 0.1) is 40.4 Å². The highest BCUT2D eigenvalue weighted by atomic mass is 35.5. The van der Waals surface area contributed by atoms with Crippen LogP contribution in [-0.4, -0.2) is 58.3 Å². The Morgan fingerprint density at radius 1 is 0.959 bits per heavy atom. The van der Waals surface area contributed by atoms with Crippen molar-refractivity contribution >= 4 is 62.1 Å². The van der Waals surface area contributed by atoms with E-state index in [9.17, 15) is 28.2 Å². The number of phenolic OH excluding ortho intramolecular Hbond substituents is 2. The van der Waals surface area contributed by atoms with Crippen molar-refractivity contribution in [1.82, 2.24) is 15.3 Å². The largest absolute Gasteiger partial charge is 0.508 e. The Hall–Kier alpha value is -5.08. The van der Waals surface area contributed by atoms with Crippen molar-refractivity contribution in [2.45, 2.75) is 62.1 Å². The molecule has 4 aromatic rings. The highest BCUT2D eigenvalue weighted by Crippen LogP contribution is 2.39. The number of hydrogen-bond acceptors (Lipinski definition) is 11. The zero-order valence-electron chi connectivity index (χ0n) is 27.5. The summed E-state index contributed by atoms with van der Waals surface area (Å²) in [6.07, 6.45) is 2.13. The summed E-state index contributed by atoms with van der Waals surface area (Å²) in [6.45, 7) is 6.89. The summed E-state index contributed by atoms with van der Waals surface area (Å²) in [5.41, 5.74) is 0.327. The molecule has 0 radical (unpaired) electrons. The molecule has 0 aliphatic heterocycles. The van der Waals surface area contributed by atoms with Gasteiger partial charge in [-0.2, -0.15) is 4.98 Å². The maximum absolute atomic E-state index is 13.4. The topological polar surface area (TPSA) is 192 Å². The van der Waals surface area contributed by atoms with Gasteiger partial charge in [0.25, 0.3) is 5.91 Å². The van der Waals surface area contributed by atoms with Crippen LogP contribution < -0.4 is 26.0 Å². The van der Waals surface area contributed by atoms with Gasteiger partial charge in [0, 0.05) is 11.8 Å². The number of para-hydroxylation sites is 1. The fourth-order valence-corrected chi connectivity index (χ4v) is 6.37. The highest BCUT2D eigenvalue weighted by molar-refractivity contribution is 7.92. The predicted octanol–water partition coefficient (Wildman–Crippen LogP) is 6.24. The van der Waals surface area contributed by atoms with Crippen molar-refractivity contribution in [2.24, 2.45) is 0 Å². The lowest BCUT2D eigenvalue weighted by Gasteiger charge is -2.19. The molecule has 13 nitrogen and oxygen atoms in total. The van der Waals surface area contributed by atoms with E-state index < -0.39 is 38.2 Å². The molecule has 2 amide bonds. The second-order valence-electron chi connectivity index (χ2n) is 12.2. The fraction of sp³-hybridized carbons (Fsp3) is 0.294. The van der Waals surface area contributed by atoms with Crippen LogP contribution >= 0.6 is 11.6 Å². The molecule has 1 aromatic heterocycles. The third-order valence-electron chi connectivity index (χ3n) is 8.06. The second kappa shape index (κ2) is 13.8. The fourth-order valence-electron chi connectivity index (χ4n) is 5.03. The molecule has 1 saturated carbocycles. The average Bonchev–Trinajstić information content (AvgIpc) is 3.83. The normalized spacial score (nSPS) is 13.6. The minimum atomic E-state index is -3.62. The molecule has 1 heterocycles. The summed E-state index contributed by atoms with van der Waals surface area (Å²) in [6, 6.07) is 13.8. The Morgan fingerprint density at radius 3 is 2.33 bits per heavy atom. The molecule has 49 heavy (non-hydrogen) atoms. The molecule has 1 aliphatic rings. The van der Waals surface area contributed by atoms with Crippen LogP contribution in [0.15, 0.2) is 65.7 Å². The Bertz CT molecular complexity index is 2030. The van der Waals surface area contributed by atoms with Crippen molar-refractivity contribution in [3.05, 3.63) is 76.9 Å². The Balaban J connectivity index is 1.34. The second-order valence-corrected chi connectivity index (χ2v) is 15.1. The van der Waals surface area contributed by atoms with E-state index in [0.29, 0.717) is 41.2 Å². The minimum absolute atomic E-state index is 0.0432. The number of nitrogens with one attached hydrogen (secondary N) is 4. The molecule has 1 aliphatic carbocycles. The van der Waals surface area contributed by atoms with Crippen molar-refractivity contribution in [1.29, 1.82) is 0 Å². The number of amides is 2. The lowest BCUT2D eigenvalue weighted by Crippen LogP contribution is -2.46. The van der Waals surface area contributed by atoms with Gasteiger partial charge >= 0.3 is 0 Å². The van der Waals surface area contributed by atoms with Crippen molar-refractivity contribution in [3.63, 3.8) is 0 Å². The van der Waals surface area contributed by atoms with Gasteiger partial charge in [0.2, 0.25) is 11.9 Å². The maximum atomic E-state index is 13.4. The first kappa shape index (κ1) is 35.2. The number of nitrogens with zero attached hydrogens (tertiary/aromatic N) is 2. The summed E-state index contributed by atoms with van der Waals surface area (Å²) in [5.74, 6) is -1.06. The lowest BCUT2D eigenvalue weighted by molar-refractivity contribution is -0.118. The summed E-state index contributed by atoms with van der Waals surface area (Å²) in [4.78, 5) is 35.4. The Kier molecular flexibility index (Phi) is 9.92. The molecule has 6 N–H and O–H groups in total. The van der Waals surface area contributed by atoms with Gasteiger partial charge in [-0.25, -0.2) is 13.4 Å². The van der Waals surface area contributed by atoms with E-state index in [1.807, 2.05) is 13.8 Å². The van der Waals surface area contributed by atoms with E-state index >= 15 is 0 Å². The zero-order valence-corrected chi connectivity index (χ0v) is 29.0. The van der Waals surface area contributed by atoms with Crippen LogP contribution in [0.2, 0.25) is 5.02 Å². The highest BCUT2D eigenvalue weighted by Gasteiger charge is 2.51. The van der Waals surface area contributed by atoms with Crippen molar-refractivity contribution in [2.75, 3.05) is 23.1 Å². The van der Waals surface area contributed by atoms with Crippen LogP contribution in [0, 0.1) is 0 Å². The number of phenols is 2. The molecule has 258 valence electrons. The van der Waals surface area contributed by atoms with Crippen LogP contribution in [0.5, 0.6) is 17.2 Å². The number of hydrogen-bond donors (Lipinski definition) is 6. The molecule has 0 spiro atoms. The van der Waals surface area contributed by atoms with Gasteiger partial charge in [0.15, 0.2) is 15.7 Å². The number of anilines is 5. The number of aromatic nitrogens is 2. The summed E-state index contributed by atoms with van der Waals surface area (Å²) >= 11 is 6.39. The number of halogens is 1. The quantitative estimate of drug-likeness (QED) is 0.0976. The Morgan fingerprint density at radius 2 is 1.67 bits per heavy atom. The van der Waals surface area contributed by atoms with Crippen molar-refractivity contribution < 1.29 is 33.0 Å². The SMILES string of the molecule is COc1ccc(NC(=O)C2(NC(=O)c3cc(C(C)C)c(O)cc3O)CC2)cc1Nc1ncc(Cl)c(Nc2ccccc2S(=O)(=O)C(C)C)n1. The minimum Gasteiger partial charge on any atom is -0.508 e. The standard InChI is InChI=1S/C34H37ClN6O7S/c1-18(2)21-15-22(27(43)16-26(21)42)31(44)41-34(12-13-34)32(45)37-20-10-11-28(48-5)25(14-20)39-33-36-17-23(35)30(40-33)38-24-8-6-7-9-29(24)49(46,47)19(3)4/h6-11,14-19,42-43H,12-13H2,1-5H3,(H,37,45)(H,41,44)(H2,36,38,39,40). The monoisotopic (exact) mass is 708 g/mol. The Labute approximate surface area is 289 Å². The van der Waals surface area contributed by atoms with Gasteiger partial charge in [0.1, 0.15) is 27.8 Å². The molecule has 0 atom stereocenters. The number of rotatable bonds is 12. The first-order chi connectivity index (χ1) is 23.1. The van der Waals surface area contributed by atoms with Crippen LogP contribution in [0.4, 0.5) is 28.8 Å². The van der Waals surface area contributed by atoms with Crippen LogP contribution in [0.1, 0.15) is 62.4 Å². The molecule has 0 unspecified atom stereocenters. The van der Waals surface area contributed by atoms with Crippen LogP contribution in [0.3, 0.4) is 0 Å². The number of methoxy groups -OCH3 is 1. The maximum Gasteiger partial charge on any atom is 0.255 e. The number of sulfone groups is 1. The molecule has 1 fully saturated rings. The molecular formula is C34H37ClN6O7S. The zero-order chi connectivity index (χ0) is 35.7. The number of carbonyl (C=O) groups is 2. The average molecular weight is 709 g/mol. The van der Waals surface area contributed by atoms with E-state index in [0.717, 1.165) is 6.07 Å². The van der Waals surface area contributed by atoms with Crippen LogP contribution in [-0.2, 0) is 14.6 Å². The number of aromatic hydroxyl groups is 2. The first-order valence-electron chi connectivity index (χ1n) is 15.4. The van der Waals surface area contributed by atoms with Gasteiger partial charge < -0.3 is 36.2 Å². The predicted molar refractivity (Wildman–Crippen MR) is 187 cm³/mol. The van der Waals surface area contributed by atoms with Gasteiger partial charge in [-0.3, -0.25) is 9.59 Å². The molecule has 0 saturated heterocycles. The van der Waals surface area contributed by atoms with Crippen molar-refractivity contribution in [3.8, 4) is 17.2 Å². The summed E-state index contributed by atoms with van der Waals surface area (Å²) < 4.78 is 31.4. The van der Waals surface area contributed by atoms with E-state index in [-0.39, 0.29) is 38.9 Å². The van der Waals surface area contributed by atoms with Gasteiger partial charge in [-0.1, -0.05) is 37.6 Å². The summed E-state index contributed by atoms with van der Waals surface area (Å²) in [7, 11) is -2.15. The molecule has 15 heteroatoms. The molecular weight excluding hydrogens is 672 g/mol. The third kappa shape index (κ3) is 7.50. The number of ether oxygens (including phenoxy) is 1. The summed E-state index contributed by atoms with van der Waals surface area (Å²) in [5, 5.41) is 31.6. The first-order valence-corrected chi connectivity index (χ1v) is 17.3. The third-order valence-corrected chi connectivity index (χ3v) is 10.6. The number of carbonyl (C=O) groups excluding carboxylic acids is 2. The molecule has 0 bridgehead atoms. The molecule has 3 aromatic carbocycles. The van der Waals surface area contributed by atoms with Gasteiger partial charge in [-0.15, -0.1) is 0 Å². The van der Waals surface area contributed by atoms with Gasteiger partial charge in [-0.05, 0) is 74.6 Å². The van der Waals surface area contributed by atoms with E-state index in [1.54, 1.807) is 50.2 Å². The smallest absolute Gasteiger partial charge is 0.255 e. The lowest BCUT2D eigenvalue weighted by atomic mass is 9.98. The van der Waals surface area contributed by atoms with Crippen LogP contribution in [0.25, 0.3) is 0 Å². The van der Waals surface area contributed by atoms with E-state index in [2.05, 4.69) is 31.2 Å². The molecule has 5 rings (SSSR count).